The molecule has 0 fully saturated rings. The van der Waals surface area contributed by atoms with Crippen LogP contribution in [0, 0.1) is 11.3 Å². The van der Waals surface area contributed by atoms with Crippen LogP contribution in [0.4, 0.5) is 17.6 Å². The van der Waals surface area contributed by atoms with E-state index < -0.39 is 18.1 Å². The SMILES string of the molecule is C=C(F)C(=O)NCc1cc(-c2ccc(OC(F)(F)F)cc2)c2c(c1C#N)CCO2. The summed E-state index contributed by atoms with van der Waals surface area (Å²) in [5.41, 5.74) is 2.44. The number of carbonyl (C=O) groups is 1. The lowest BCUT2D eigenvalue weighted by atomic mass is 9.93. The first-order chi connectivity index (χ1) is 13.7. The number of nitrogens with one attached hydrogen (secondary N) is 1. The lowest BCUT2D eigenvalue weighted by Crippen LogP contribution is -2.23. The van der Waals surface area contributed by atoms with Crippen molar-refractivity contribution in [2.24, 2.45) is 0 Å². The molecule has 1 aliphatic heterocycles. The minimum Gasteiger partial charge on any atom is -0.492 e. The van der Waals surface area contributed by atoms with Crippen LogP contribution in [0.1, 0.15) is 16.7 Å². The highest BCUT2D eigenvalue weighted by Gasteiger charge is 2.31. The Morgan fingerprint density at radius 3 is 2.59 bits per heavy atom. The molecule has 1 N–H and O–H groups in total. The van der Waals surface area contributed by atoms with E-state index in [4.69, 9.17) is 4.74 Å². The summed E-state index contributed by atoms with van der Waals surface area (Å²) in [6.45, 7) is 3.12. The van der Waals surface area contributed by atoms with E-state index in [1.807, 2.05) is 0 Å². The van der Waals surface area contributed by atoms with E-state index in [0.717, 1.165) is 12.1 Å². The van der Waals surface area contributed by atoms with Crippen molar-refractivity contribution in [2.45, 2.75) is 19.3 Å². The number of nitrogens with zero attached hydrogens (tertiary/aromatic N) is 1. The van der Waals surface area contributed by atoms with Gasteiger partial charge in [0.2, 0.25) is 0 Å². The maximum Gasteiger partial charge on any atom is 0.573 e. The van der Waals surface area contributed by atoms with Gasteiger partial charge in [-0.1, -0.05) is 18.7 Å². The van der Waals surface area contributed by atoms with Crippen molar-refractivity contribution in [1.82, 2.24) is 5.32 Å². The number of ether oxygens (including phenoxy) is 2. The van der Waals surface area contributed by atoms with Gasteiger partial charge in [0.15, 0.2) is 5.83 Å². The Morgan fingerprint density at radius 1 is 1.31 bits per heavy atom. The van der Waals surface area contributed by atoms with E-state index in [0.29, 0.717) is 46.6 Å². The van der Waals surface area contributed by atoms with Crippen molar-refractivity contribution >= 4 is 5.91 Å². The molecule has 2 aromatic carbocycles. The number of alkyl halides is 3. The Hall–Kier alpha value is -3.54. The quantitative estimate of drug-likeness (QED) is 0.598. The molecule has 0 aliphatic carbocycles. The molecular weight excluding hydrogens is 392 g/mol. The predicted octanol–water partition coefficient (Wildman–Crippen LogP) is 4.16. The van der Waals surface area contributed by atoms with Crippen LogP contribution >= 0.6 is 0 Å². The van der Waals surface area contributed by atoms with Crippen molar-refractivity contribution in [3.05, 3.63) is 59.4 Å². The molecule has 0 unspecified atom stereocenters. The van der Waals surface area contributed by atoms with Gasteiger partial charge in [0.1, 0.15) is 11.5 Å². The second kappa shape index (κ2) is 7.83. The van der Waals surface area contributed by atoms with E-state index in [-0.39, 0.29) is 12.3 Å². The highest BCUT2D eigenvalue weighted by Crippen LogP contribution is 2.41. The molecule has 0 aromatic heterocycles. The molecule has 9 heteroatoms. The molecule has 0 radical (unpaired) electrons. The van der Waals surface area contributed by atoms with Crippen LogP contribution < -0.4 is 14.8 Å². The maximum atomic E-state index is 12.9. The van der Waals surface area contributed by atoms with Crippen molar-refractivity contribution in [1.29, 1.82) is 5.26 Å². The Balaban J connectivity index is 1.99. The van der Waals surface area contributed by atoms with Gasteiger partial charge in [-0.15, -0.1) is 13.2 Å². The second-order valence-electron chi connectivity index (χ2n) is 6.14. The fourth-order valence-electron chi connectivity index (χ4n) is 3.04. The molecule has 0 spiro atoms. The van der Waals surface area contributed by atoms with Gasteiger partial charge in [-0.2, -0.15) is 5.26 Å². The molecule has 1 heterocycles. The molecule has 1 aliphatic rings. The third-order valence-electron chi connectivity index (χ3n) is 4.26. The zero-order chi connectivity index (χ0) is 21.2. The fraction of sp³-hybridized carbons (Fsp3) is 0.200. The van der Waals surface area contributed by atoms with E-state index in [1.54, 1.807) is 6.07 Å². The smallest absolute Gasteiger partial charge is 0.492 e. The summed E-state index contributed by atoms with van der Waals surface area (Å²) in [5.74, 6) is -2.08. The number of benzene rings is 2. The molecule has 5 nitrogen and oxygen atoms in total. The summed E-state index contributed by atoms with van der Waals surface area (Å²) in [7, 11) is 0. The Labute approximate surface area is 163 Å². The fourth-order valence-corrected chi connectivity index (χ4v) is 3.04. The highest BCUT2D eigenvalue weighted by molar-refractivity contribution is 5.90. The summed E-state index contributed by atoms with van der Waals surface area (Å²) in [6, 6.07) is 8.84. The lowest BCUT2D eigenvalue weighted by molar-refractivity contribution is -0.274. The zero-order valence-electron chi connectivity index (χ0n) is 14.9. The lowest BCUT2D eigenvalue weighted by Gasteiger charge is -2.15. The number of amides is 1. The standard InChI is InChI=1S/C20H14F4N2O3/c1-11(21)19(27)26-10-13-8-16(18-15(6-7-28-18)17(13)9-25)12-2-4-14(5-3-12)29-20(22,23)24/h2-5,8H,1,6-7,10H2,(H,26,27). The minimum atomic E-state index is -4.80. The number of halogens is 4. The molecule has 1 amide bonds. The number of rotatable bonds is 5. The van der Waals surface area contributed by atoms with E-state index in [2.05, 4.69) is 22.7 Å². The van der Waals surface area contributed by atoms with Crippen molar-refractivity contribution < 1.29 is 31.8 Å². The molecule has 0 saturated heterocycles. The first kappa shape index (κ1) is 20.2. The van der Waals surface area contributed by atoms with Gasteiger partial charge in [0.05, 0.1) is 18.2 Å². The van der Waals surface area contributed by atoms with Gasteiger partial charge < -0.3 is 14.8 Å². The van der Waals surface area contributed by atoms with E-state index in [1.165, 1.54) is 12.1 Å². The molecular formula is C20H14F4N2O3. The number of fused-ring (bicyclic) bond motifs is 1. The van der Waals surface area contributed by atoms with Gasteiger partial charge in [-0.25, -0.2) is 4.39 Å². The van der Waals surface area contributed by atoms with Crippen molar-refractivity contribution in [3.63, 3.8) is 0 Å². The van der Waals surface area contributed by atoms with Crippen LogP contribution in [0.3, 0.4) is 0 Å². The zero-order valence-corrected chi connectivity index (χ0v) is 14.9. The van der Waals surface area contributed by atoms with Crippen molar-refractivity contribution in [3.8, 4) is 28.7 Å². The predicted molar refractivity (Wildman–Crippen MR) is 94.6 cm³/mol. The van der Waals surface area contributed by atoms with Crippen LogP contribution in [0.15, 0.2) is 42.7 Å². The average Bonchev–Trinajstić information content (AvgIpc) is 3.14. The number of carbonyl (C=O) groups excluding carboxylic acids is 1. The summed E-state index contributed by atoms with van der Waals surface area (Å²) in [6.07, 6.45) is -4.34. The number of nitriles is 1. The van der Waals surface area contributed by atoms with Crippen LogP contribution in [-0.2, 0) is 17.8 Å². The first-order valence-corrected chi connectivity index (χ1v) is 8.40. The largest absolute Gasteiger partial charge is 0.573 e. The molecule has 0 bridgehead atoms. The Kier molecular flexibility index (Phi) is 5.46. The molecule has 29 heavy (non-hydrogen) atoms. The normalized spacial score (nSPS) is 12.5. The van der Waals surface area contributed by atoms with Gasteiger partial charge in [-0.05, 0) is 29.3 Å². The maximum absolute atomic E-state index is 12.9. The van der Waals surface area contributed by atoms with E-state index >= 15 is 0 Å². The van der Waals surface area contributed by atoms with Gasteiger partial charge in [0.25, 0.3) is 5.91 Å². The summed E-state index contributed by atoms with van der Waals surface area (Å²) in [5, 5.41) is 11.9. The number of hydrogen-bond donors (Lipinski definition) is 1. The average molecular weight is 406 g/mol. The number of hydrogen-bond acceptors (Lipinski definition) is 4. The molecule has 0 saturated carbocycles. The third-order valence-corrected chi connectivity index (χ3v) is 4.26. The summed E-state index contributed by atoms with van der Waals surface area (Å²) < 4.78 is 59.5. The minimum absolute atomic E-state index is 0.125. The second-order valence-corrected chi connectivity index (χ2v) is 6.14. The van der Waals surface area contributed by atoms with Crippen LogP contribution in [0.2, 0.25) is 0 Å². The monoisotopic (exact) mass is 406 g/mol. The van der Waals surface area contributed by atoms with Crippen LogP contribution in [0.5, 0.6) is 11.5 Å². The third kappa shape index (κ3) is 4.48. The highest BCUT2D eigenvalue weighted by atomic mass is 19.4. The molecule has 0 atom stereocenters. The first-order valence-electron chi connectivity index (χ1n) is 8.40. The Morgan fingerprint density at radius 2 is 2.00 bits per heavy atom. The topological polar surface area (TPSA) is 71.3 Å². The van der Waals surface area contributed by atoms with Crippen LogP contribution in [-0.4, -0.2) is 18.9 Å². The van der Waals surface area contributed by atoms with Gasteiger partial charge >= 0.3 is 6.36 Å². The molecule has 150 valence electrons. The van der Waals surface area contributed by atoms with Crippen molar-refractivity contribution in [2.75, 3.05) is 6.61 Å². The summed E-state index contributed by atoms with van der Waals surface area (Å²) in [4.78, 5) is 11.5. The van der Waals surface area contributed by atoms with Gasteiger partial charge in [-0.3, -0.25) is 4.79 Å². The van der Waals surface area contributed by atoms with Crippen LogP contribution in [0.25, 0.3) is 11.1 Å². The Bertz CT molecular complexity index is 1010. The summed E-state index contributed by atoms with van der Waals surface area (Å²) >= 11 is 0. The molecule has 3 rings (SSSR count). The van der Waals surface area contributed by atoms with Gasteiger partial charge in [0, 0.05) is 24.1 Å². The molecule has 2 aromatic rings. The van der Waals surface area contributed by atoms with E-state index in [9.17, 15) is 27.6 Å².